The van der Waals surface area contributed by atoms with E-state index in [0.717, 1.165) is 19.2 Å². The third-order valence-corrected chi connectivity index (χ3v) is 6.47. The first-order valence-electron chi connectivity index (χ1n) is 10.8. The van der Waals surface area contributed by atoms with Gasteiger partial charge in [0.25, 0.3) is 0 Å². The van der Waals surface area contributed by atoms with Gasteiger partial charge in [-0.2, -0.15) is 0 Å². The molecule has 196 valence electrons. The van der Waals surface area contributed by atoms with Crippen molar-refractivity contribution in [3.8, 4) is 0 Å². The number of anilines is 1. The molecule has 2 aromatic carbocycles. The minimum atomic E-state index is -4.41. The van der Waals surface area contributed by atoms with Gasteiger partial charge in [0.15, 0.2) is 10.3 Å². The third kappa shape index (κ3) is 7.43. The van der Waals surface area contributed by atoms with Crippen molar-refractivity contribution in [1.29, 1.82) is 0 Å². The van der Waals surface area contributed by atoms with E-state index < -0.39 is 16.4 Å². The second kappa shape index (κ2) is 12.1. The van der Waals surface area contributed by atoms with Crippen molar-refractivity contribution in [2.24, 2.45) is 17.3 Å². The van der Waals surface area contributed by atoms with Gasteiger partial charge in [0, 0.05) is 16.8 Å². The lowest BCUT2D eigenvalue weighted by molar-refractivity contribution is -0.629. The van der Waals surface area contributed by atoms with Gasteiger partial charge in [0.1, 0.15) is 11.2 Å². The largest absolute Gasteiger partial charge is 0.726 e. The molecule has 0 aliphatic carbocycles. The van der Waals surface area contributed by atoms with Crippen LogP contribution in [-0.4, -0.2) is 58.9 Å². The summed E-state index contributed by atoms with van der Waals surface area (Å²) in [6.07, 6.45) is 0.828. The Kier molecular flexibility index (Phi) is 9.12. The van der Waals surface area contributed by atoms with Crippen LogP contribution in [0.5, 0.6) is 0 Å². The highest BCUT2D eigenvalue weighted by molar-refractivity contribution is 7.80. The molecule has 0 saturated heterocycles. The predicted molar refractivity (Wildman–Crippen MR) is 135 cm³/mol. The van der Waals surface area contributed by atoms with Crippen molar-refractivity contribution < 1.29 is 36.7 Å². The molecule has 0 aliphatic heterocycles. The van der Waals surface area contributed by atoms with Gasteiger partial charge in [0.05, 0.1) is 26.3 Å². The highest BCUT2D eigenvalue weighted by Crippen LogP contribution is 2.27. The zero-order valence-corrected chi connectivity index (χ0v) is 21.7. The summed E-state index contributed by atoms with van der Waals surface area (Å²) < 4.78 is 32.8. The molecule has 0 bridgehead atoms. The highest BCUT2D eigenvalue weighted by atomic mass is 32.3. The second-order valence-electron chi connectivity index (χ2n) is 7.56. The van der Waals surface area contributed by atoms with E-state index >= 15 is 0 Å². The molecule has 15 heteroatoms. The van der Waals surface area contributed by atoms with Gasteiger partial charge in [-0.05, 0) is 60.2 Å². The normalized spacial score (nSPS) is 12.5. The quantitative estimate of drug-likeness (QED) is 0.128. The van der Waals surface area contributed by atoms with Crippen LogP contribution in [0.2, 0.25) is 0 Å². The number of aromatic carboxylic acids is 1. The molecule has 4 rings (SSSR count). The summed E-state index contributed by atoms with van der Waals surface area (Å²) in [6, 6.07) is 12.2. The molecule has 0 spiro atoms. The standard InChI is InChI=1S/C21H20N6O3S.CH4O4S/c1-3-13(11-28)22-14-5-7-15(8-6-14)25-26-21-27(2)18-19(31-21)24-16-9-4-12(20(29)30)10-17(16)23-18;1-5-6(2,3)4/h4-10,13,28H,3,11H2,1-2H3,(H,29,30);1H3,(H,2,3,4). The highest BCUT2D eigenvalue weighted by Gasteiger charge is 2.20. The van der Waals surface area contributed by atoms with Crippen LogP contribution in [0.3, 0.4) is 0 Å². The molecule has 0 aliphatic rings. The van der Waals surface area contributed by atoms with E-state index in [2.05, 4.69) is 29.7 Å². The van der Waals surface area contributed by atoms with E-state index in [1.807, 2.05) is 38.2 Å². The topological polar surface area (TPSA) is 190 Å². The minimum Gasteiger partial charge on any atom is -0.726 e. The van der Waals surface area contributed by atoms with Crippen LogP contribution in [0, 0.1) is 0 Å². The number of thiazole rings is 1. The average Bonchev–Trinajstić information content (AvgIpc) is 3.19. The first kappa shape index (κ1) is 27.9. The lowest BCUT2D eigenvalue weighted by Gasteiger charge is -2.15. The lowest BCUT2D eigenvalue weighted by atomic mass is 10.2. The number of hydrogen-bond acceptors (Lipinski definition) is 12. The van der Waals surface area contributed by atoms with Crippen LogP contribution < -0.4 is 9.88 Å². The van der Waals surface area contributed by atoms with E-state index in [-0.39, 0.29) is 18.2 Å². The Hall–Kier alpha value is -3.63. The molecule has 0 fully saturated rings. The predicted octanol–water partition coefficient (Wildman–Crippen LogP) is 3.06. The molecule has 1 atom stereocenters. The number of carbonyl (C=O) groups is 1. The van der Waals surface area contributed by atoms with Crippen LogP contribution in [0.25, 0.3) is 21.5 Å². The van der Waals surface area contributed by atoms with Crippen LogP contribution >= 0.6 is 11.3 Å². The maximum absolute atomic E-state index is 11.2. The second-order valence-corrected chi connectivity index (χ2v) is 9.66. The molecule has 3 N–H and O–H groups in total. The Labute approximate surface area is 216 Å². The monoisotopic (exact) mass is 548 g/mol. The first-order chi connectivity index (χ1) is 17.5. The van der Waals surface area contributed by atoms with Crippen molar-refractivity contribution >= 4 is 65.7 Å². The summed E-state index contributed by atoms with van der Waals surface area (Å²) in [5.74, 6) is -1.00. The number of carboxylic acid groups (broad SMARTS) is 1. The summed E-state index contributed by atoms with van der Waals surface area (Å²) in [5.41, 5.74) is 3.52. The lowest BCUT2D eigenvalue weighted by Crippen LogP contribution is -2.26. The van der Waals surface area contributed by atoms with Gasteiger partial charge < -0.3 is 20.1 Å². The molecule has 4 aromatic rings. The number of fused-ring (bicyclic) bond motifs is 2. The number of aliphatic hydroxyl groups excluding tert-OH is 1. The number of benzene rings is 2. The first-order valence-corrected chi connectivity index (χ1v) is 12.9. The van der Waals surface area contributed by atoms with Gasteiger partial charge in [-0.15, -0.1) is 0 Å². The summed E-state index contributed by atoms with van der Waals surface area (Å²) in [5, 5.41) is 31.0. The number of aliphatic hydroxyl groups is 1. The average molecular weight is 549 g/mol. The van der Waals surface area contributed by atoms with E-state index in [4.69, 9.17) is 0 Å². The maximum Gasteiger partial charge on any atom is 0.347 e. The summed E-state index contributed by atoms with van der Waals surface area (Å²) in [6.45, 7) is 2.09. The zero-order chi connectivity index (χ0) is 27.2. The molecular formula is C22H24N6O7S2. The number of aromatic nitrogens is 3. The molecule has 0 saturated carbocycles. The summed E-state index contributed by atoms with van der Waals surface area (Å²) in [7, 11) is -1.78. The minimum absolute atomic E-state index is 0.0205. The Bertz CT molecular complexity index is 1530. The van der Waals surface area contributed by atoms with E-state index in [9.17, 15) is 28.0 Å². The van der Waals surface area contributed by atoms with E-state index in [1.54, 1.807) is 10.6 Å². The van der Waals surface area contributed by atoms with Crippen molar-refractivity contribution in [2.45, 2.75) is 19.4 Å². The van der Waals surface area contributed by atoms with Crippen LogP contribution in [0.4, 0.5) is 16.5 Å². The number of nitrogens with one attached hydrogen (secondary N) is 1. The molecule has 1 unspecified atom stereocenters. The van der Waals surface area contributed by atoms with Gasteiger partial charge in [-0.25, -0.2) is 22.8 Å². The van der Waals surface area contributed by atoms with Crippen LogP contribution in [0.1, 0.15) is 23.7 Å². The smallest absolute Gasteiger partial charge is 0.347 e. The van der Waals surface area contributed by atoms with Gasteiger partial charge in [0.2, 0.25) is 10.4 Å². The molecule has 2 aromatic heterocycles. The molecule has 0 amide bonds. The van der Waals surface area contributed by atoms with Gasteiger partial charge in [-0.3, -0.25) is 4.18 Å². The number of carboxylic acids is 1. The molecule has 13 nitrogen and oxygen atoms in total. The van der Waals surface area contributed by atoms with Crippen molar-refractivity contribution in [3.63, 3.8) is 0 Å². The molecule has 0 radical (unpaired) electrons. The Morgan fingerprint density at radius 1 is 1.19 bits per heavy atom. The number of azo groups is 1. The third-order valence-electron chi connectivity index (χ3n) is 5.06. The molecule has 2 heterocycles. The number of rotatable bonds is 8. The fourth-order valence-corrected chi connectivity index (χ4v) is 3.92. The summed E-state index contributed by atoms with van der Waals surface area (Å²) >= 11 is 1.36. The van der Waals surface area contributed by atoms with Gasteiger partial charge >= 0.3 is 16.7 Å². The Morgan fingerprint density at radius 2 is 1.86 bits per heavy atom. The fourth-order valence-electron chi connectivity index (χ4n) is 3.02. The number of hydrogen-bond donors (Lipinski definition) is 3. The summed E-state index contributed by atoms with van der Waals surface area (Å²) in [4.78, 5) is 21.1. The van der Waals surface area contributed by atoms with Crippen LogP contribution in [0.15, 0.2) is 52.7 Å². The Balaban J connectivity index is 0.000000568. The van der Waals surface area contributed by atoms with Crippen molar-refractivity contribution in [2.75, 3.05) is 19.0 Å². The number of nitrogens with zero attached hydrogens (tertiary/aromatic N) is 5. The SMILES string of the molecule is CCC(CO)Nc1ccc(N=Nc2sc3nc4ccc(C(=O)O)cc4nc3[n+]2C)cc1.COS(=O)(=O)[O-]. The van der Waals surface area contributed by atoms with Crippen LogP contribution in [-0.2, 0) is 21.6 Å². The Morgan fingerprint density at radius 3 is 2.43 bits per heavy atom. The number of aryl methyl sites for hydroxylation is 1. The van der Waals surface area contributed by atoms with Crippen molar-refractivity contribution in [3.05, 3.63) is 48.0 Å². The van der Waals surface area contributed by atoms with E-state index in [0.29, 0.717) is 32.3 Å². The maximum atomic E-state index is 11.2. The zero-order valence-electron chi connectivity index (χ0n) is 20.0. The van der Waals surface area contributed by atoms with E-state index in [1.165, 1.54) is 23.5 Å². The van der Waals surface area contributed by atoms with Gasteiger partial charge in [-0.1, -0.05) is 17.0 Å². The fraction of sp³-hybridized carbons (Fsp3) is 0.273. The molecular weight excluding hydrogens is 524 g/mol. The molecule has 37 heavy (non-hydrogen) atoms. The van der Waals surface area contributed by atoms with Crippen molar-refractivity contribution in [1.82, 2.24) is 9.97 Å².